The Morgan fingerprint density at radius 1 is 0.818 bits per heavy atom. The van der Waals surface area contributed by atoms with Crippen molar-refractivity contribution in [2.24, 2.45) is 11.8 Å². The van der Waals surface area contributed by atoms with E-state index in [9.17, 15) is 9.90 Å². The van der Waals surface area contributed by atoms with Gasteiger partial charge in [0.15, 0.2) is 0 Å². The summed E-state index contributed by atoms with van der Waals surface area (Å²) in [5, 5.41) is 10.7. The van der Waals surface area contributed by atoms with E-state index in [4.69, 9.17) is 4.74 Å². The smallest absolute Gasteiger partial charge is 0.311 e. The van der Waals surface area contributed by atoms with Crippen LogP contribution in [0, 0.1) is 11.8 Å². The normalized spacial score (nSPS) is 17.8. The zero-order valence-corrected chi connectivity index (χ0v) is 27.4. The Hall–Kier alpha value is -3.00. The average Bonchev–Trinajstić information content (AvgIpc) is 3.04. The van der Waals surface area contributed by atoms with Gasteiger partial charge in [0, 0.05) is 6.54 Å². The largest absolute Gasteiger partial charge is 0.455 e. The van der Waals surface area contributed by atoms with Crippen molar-refractivity contribution in [3.63, 3.8) is 0 Å². The topological polar surface area (TPSA) is 83.9 Å². The van der Waals surface area contributed by atoms with Crippen LogP contribution in [0.4, 0.5) is 0 Å². The van der Waals surface area contributed by atoms with Crippen LogP contribution in [-0.4, -0.2) is 35.9 Å². The highest BCUT2D eigenvalue weighted by molar-refractivity contribution is 7.89. The molecule has 2 aliphatic rings. The number of carbonyl (C=O) groups is 1. The SMILES string of the molecule is CC(C)[C@H](O)[C@@H](C)C(=O)O[C@H](c1ccccc1)[C@H](C)N(Cc1ccccc1)S(=O)(=O)c1c2c(cc3c1CCCC3)CCCC2. The highest BCUT2D eigenvalue weighted by atomic mass is 32.2. The lowest BCUT2D eigenvalue weighted by Crippen LogP contribution is -2.44. The van der Waals surface area contributed by atoms with Gasteiger partial charge in [0.05, 0.1) is 23.0 Å². The monoisotopic (exact) mass is 617 g/mol. The van der Waals surface area contributed by atoms with Gasteiger partial charge in [-0.1, -0.05) is 80.6 Å². The van der Waals surface area contributed by atoms with Crippen molar-refractivity contribution in [2.75, 3.05) is 0 Å². The lowest BCUT2D eigenvalue weighted by atomic mass is 9.83. The Balaban J connectivity index is 1.63. The molecule has 3 aromatic carbocycles. The molecule has 236 valence electrons. The van der Waals surface area contributed by atoms with Crippen LogP contribution < -0.4 is 0 Å². The Kier molecular flexibility index (Phi) is 10.3. The maximum atomic E-state index is 15.2. The van der Waals surface area contributed by atoms with Crippen molar-refractivity contribution in [3.8, 4) is 0 Å². The molecule has 0 spiro atoms. The number of rotatable bonds is 11. The van der Waals surface area contributed by atoms with Crippen LogP contribution in [-0.2, 0) is 51.8 Å². The second-order valence-electron chi connectivity index (χ2n) is 13.0. The third-order valence-corrected chi connectivity index (χ3v) is 11.6. The first-order valence-corrected chi connectivity index (χ1v) is 17.7. The summed E-state index contributed by atoms with van der Waals surface area (Å²) in [7, 11) is -4.03. The molecule has 5 rings (SSSR count). The maximum absolute atomic E-state index is 15.2. The van der Waals surface area contributed by atoms with Crippen molar-refractivity contribution >= 4 is 16.0 Å². The van der Waals surface area contributed by atoms with Gasteiger partial charge < -0.3 is 9.84 Å². The first-order valence-electron chi connectivity index (χ1n) is 16.2. The Labute approximate surface area is 263 Å². The summed E-state index contributed by atoms with van der Waals surface area (Å²) in [5.74, 6) is -1.44. The maximum Gasteiger partial charge on any atom is 0.311 e. The summed E-state index contributed by atoms with van der Waals surface area (Å²) in [6.45, 7) is 7.38. The summed E-state index contributed by atoms with van der Waals surface area (Å²) in [5.41, 5.74) is 5.87. The summed E-state index contributed by atoms with van der Waals surface area (Å²) >= 11 is 0. The summed E-state index contributed by atoms with van der Waals surface area (Å²) in [6.07, 6.45) is 5.66. The Bertz CT molecular complexity index is 1500. The molecule has 0 fully saturated rings. The molecule has 3 aromatic rings. The second-order valence-corrected chi connectivity index (χ2v) is 14.8. The van der Waals surface area contributed by atoms with E-state index in [0.29, 0.717) is 10.5 Å². The van der Waals surface area contributed by atoms with Crippen LogP contribution in [0.2, 0.25) is 0 Å². The van der Waals surface area contributed by atoms with E-state index < -0.39 is 40.2 Å². The number of fused-ring (bicyclic) bond motifs is 2. The number of hydrogen-bond acceptors (Lipinski definition) is 5. The number of hydrogen-bond donors (Lipinski definition) is 1. The van der Waals surface area contributed by atoms with Gasteiger partial charge in [-0.2, -0.15) is 4.31 Å². The molecule has 0 aromatic heterocycles. The molecular weight excluding hydrogens is 570 g/mol. The van der Waals surface area contributed by atoms with Crippen molar-refractivity contribution in [1.29, 1.82) is 0 Å². The molecule has 0 bridgehead atoms. The average molecular weight is 618 g/mol. The molecule has 6 nitrogen and oxygen atoms in total. The number of esters is 1. The zero-order valence-electron chi connectivity index (χ0n) is 26.5. The summed E-state index contributed by atoms with van der Waals surface area (Å²) in [6, 6.07) is 20.6. The Morgan fingerprint density at radius 3 is 1.89 bits per heavy atom. The molecule has 0 saturated carbocycles. The van der Waals surface area contributed by atoms with Crippen LogP contribution >= 0.6 is 0 Å². The molecule has 1 N–H and O–H groups in total. The Morgan fingerprint density at radius 2 is 1.34 bits per heavy atom. The number of sulfonamides is 1. The van der Waals surface area contributed by atoms with Crippen molar-refractivity contribution in [2.45, 2.75) is 109 Å². The van der Waals surface area contributed by atoms with Crippen molar-refractivity contribution < 1.29 is 23.1 Å². The van der Waals surface area contributed by atoms with E-state index >= 15 is 8.42 Å². The number of nitrogens with zero attached hydrogens (tertiary/aromatic N) is 1. The zero-order chi connectivity index (χ0) is 31.4. The van der Waals surface area contributed by atoms with Crippen LogP contribution in [0.25, 0.3) is 0 Å². The van der Waals surface area contributed by atoms with Crippen molar-refractivity contribution in [1.82, 2.24) is 4.31 Å². The van der Waals surface area contributed by atoms with Crippen LogP contribution in [0.1, 0.15) is 92.9 Å². The van der Waals surface area contributed by atoms with Gasteiger partial charge in [-0.15, -0.1) is 0 Å². The molecule has 0 aliphatic heterocycles. The molecule has 0 radical (unpaired) electrons. The number of aliphatic hydroxyl groups excluding tert-OH is 1. The van der Waals surface area contributed by atoms with Gasteiger partial charge in [-0.05, 0) is 105 Å². The van der Waals surface area contributed by atoms with Gasteiger partial charge in [0.1, 0.15) is 6.10 Å². The van der Waals surface area contributed by atoms with Gasteiger partial charge in [0.25, 0.3) is 0 Å². The van der Waals surface area contributed by atoms with Crippen LogP contribution in [0.3, 0.4) is 0 Å². The molecule has 44 heavy (non-hydrogen) atoms. The first-order chi connectivity index (χ1) is 21.1. The molecule has 0 unspecified atom stereocenters. The van der Waals surface area contributed by atoms with Gasteiger partial charge >= 0.3 is 5.97 Å². The predicted molar refractivity (Wildman–Crippen MR) is 174 cm³/mol. The number of ether oxygens (including phenoxy) is 1. The quantitative estimate of drug-likeness (QED) is 0.235. The second kappa shape index (κ2) is 14.0. The molecule has 7 heteroatoms. The number of carbonyl (C=O) groups excluding carboxylic acids is 1. The predicted octanol–water partition coefficient (Wildman–Crippen LogP) is 6.96. The van der Waals surface area contributed by atoms with Crippen LogP contribution in [0.15, 0.2) is 71.6 Å². The van der Waals surface area contributed by atoms with E-state index in [-0.39, 0.29) is 12.5 Å². The van der Waals surface area contributed by atoms with E-state index in [1.165, 1.54) is 11.1 Å². The van der Waals surface area contributed by atoms with Crippen molar-refractivity contribution in [3.05, 3.63) is 100 Å². The third kappa shape index (κ3) is 6.80. The highest BCUT2D eigenvalue weighted by Crippen LogP contribution is 2.40. The third-order valence-electron chi connectivity index (χ3n) is 9.50. The summed E-state index contributed by atoms with van der Waals surface area (Å²) < 4.78 is 38.2. The minimum Gasteiger partial charge on any atom is -0.455 e. The number of benzene rings is 3. The number of aryl methyl sites for hydroxylation is 2. The number of aliphatic hydroxyl groups is 1. The standard InChI is InChI=1S/C37H47NO5S/c1-25(2)34(39)26(3)37(40)43-35(29-17-9-6-10-18-29)27(4)38(24-28-15-7-5-8-16-28)44(41,42)36-32-21-13-11-19-30(32)23-31-20-12-14-22-33(31)36/h5-10,15-18,23,25-27,34-35,39H,11-14,19-22,24H2,1-4H3/t26-,27+,34+,35+/m1/s1. The molecule has 0 saturated heterocycles. The minimum atomic E-state index is -4.03. The van der Waals surface area contributed by atoms with Gasteiger partial charge in [-0.3, -0.25) is 4.79 Å². The molecular formula is C37H47NO5S. The van der Waals surface area contributed by atoms with E-state index in [2.05, 4.69) is 6.07 Å². The first kappa shape index (κ1) is 32.4. The van der Waals surface area contributed by atoms with Gasteiger partial charge in [0.2, 0.25) is 10.0 Å². The molecule has 0 amide bonds. The van der Waals surface area contributed by atoms with Crippen LogP contribution in [0.5, 0.6) is 0 Å². The lowest BCUT2D eigenvalue weighted by molar-refractivity contribution is -0.161. The van der Waals surface area contributed by atoms with E-state index in [1.54, 1.807) is 11.2 Å². The van der Waals surface area contributed by atoms with Gasteiger partial charge in [-0.25, -0.2) is 8.42 Å². The fourth-order valence-corrected chi connectivity index (χ4v) is 9.11. The lowest BCUT2D eigenvalue weighted by Gasteiger charge is -2.37. The highest BCUT2D eigenvalue weighted by Gasteiger charge is 2.41. The van der Waals surface area contributed by atoms with E-state index in [1.807, 2.05) is 81.4 Å². The molecule has 2 aliphatic carbocycles. The minimum absolute atomic E-state index is 0.129. The fraction of sp³-hybridized carbons (Fsp3) is 0.486. The molecule has 4 atom stereocenters. The van der Waals surface area contributed by atoms with E-state index in [0.717, 1.165) is 68.1 Å². The molecule has 0 heterocycles. The fourth-order valence-electron chi connectivity index (χ4n) is 6.91. The summed E-state index contributed by atoms with van der Waals surface area (Å²) in [4.78, 5) is 14.0.